The zero-order valence-electron chi connectivity index (χ0n) is 13.5. The molecule has 0 aliphatic rings. The summed E-state index contributed by atoms with van der Waals surface area (Å²) in [5, 5.41) is 5.89. The zero-order chi connectivity index (χ0) is 17.2. The van der Waals surface area contributed by atoms with Gasteiger partial charge in [-0.15, -0.1) is 0 Å². The maximum atomic E-state index is 13.6. The number of carbonyl (C=O) groups is 1. The van der Waals surface area contributed by atoms with Gasteiger partial charge in [-0.25, -0.2) is 4.39 Å². The summed E-state index contributed by atoms with van der Waals surface area (Å²) in [5.41, 5.74) is 2.06. The van der Waals surface area contributed by atoms with Gasteiger partial charge in [-0.1, -0.05) is 48.5 Å². The fourth-order valence-electron chi connectivity index (χ4n) is 3.08. The predicted molar refractivity (Wildman–Crippen MR) is 95.7 cm³/mol. The Hall–Kier alpha value is -3.14. The Morgan fingerprint density at radius 1 is 0.960 bits per heavy atom. The van der Waals surface area contributed by atoms with Crippen molar-refractivity contribution in [1.82, 2.24) is 5.32 Å². The quantitative estimate of drug-likeness (QED) is 0.594. The molecule has 0 saturated heterocycles. The molecule has 0 atom stereocenters. The van der Waals surface area contributed by atoms with Crippen LogP contribution in [-0.2, 0) is 17.8 Å². The van der Waals surface area contributed by atoms with Crippen LogP contribution in [0.4, 0.5) is 4.39 Å². The van der Waals surface area contributed by atoms with Gasteiger partial charge < -0.3 is 9.73 Å². The number of nitrogens with one attached hydrogen (secondary N) is 1. The summed E-state index contributed by atoms with van der Waals surface area (Å²) in [6.45, 7) is 0.169. The highest BCUT2D eigenvalue weighted by atomic mass is 19.1. The monoisotopic (exact) mass is 333 g/mol. The van der Waals surface area contributed by atoms with E-state index in [1.54, 1.807) is 24.5 Å². The molecular weight excluding hydrogens is 317 g/mol. The molecule has 3 nitrogen and oxygen atoms in total. The van der Waals surface area contributed by atoms with Gasteiger partial charge in [0.15, 0.2) is 0 Å². The van der Waals surface area contributed by atoms with Crippen molar-refractivity contribution >= 4 is 27.6 Å². The topological polar surface area (TPSA) is 42.2 Å². The average molecular weight is 333 g/mol. The van der Waals surface area contributed by atoms with Crippen LogP contribution in [-0.4, -0.2) is 5.91 Å². The molecule has 1 heterocycles. The summed E-state index contributed by atoms with van der Waals surface area (Å²) in [5.74, 6) is -0.485. The molecule has 0 aliphatic heterocycles. The fraction of sp³-hybridized carbons (Fsp3) is 0.0952. The van der Waals surface area contributed by atoms with Crippen molar-refractivity contribution in [2.24, 2.45) is 0 Å². The van der Waals surface area contributed by atoms with Gasteiger partial charge in [-0.2, -0.15) is 0 Å². The van der Waals surface area contributed by atoms with E-state index >= 15 is 0 Å². The maximum absolute atomic E-state index is 13.6. The van der Waals surface area contributed by atoms with Gasteiger partial charge in [-0.05, 0) is 22.9 Å². The number of furan rings is 1. The average Bonchev–Trinajstić information content (AvgIpc) is 3.04. The molecule has 0 aliphatic carbocycles. The number of halogens is 1. The lowest BCUT2D eigenvalue weighted by atomic mass is 10.0. The molecule has 1 N–H and O–H groups in total. The third-order valence-corrected chi connectivity index (χ3v) is 4.32. The van der Waals surface area contributed by atoms with Crippen LogP contribution in [0.1, 0.15) is 11.1 Å². The molecule has 1 aromatic heterocycles. The zero-order valence-corrected chi connectivity index (χ0v) is 13.5. The first-order chi connectivity index (χ1) is 12.2. The molecule has 4 aromatic rings. The third kappa shape index (κ3) is 2.98. The minimum absolute atomic E-state index is 0.168. The second kappa shape index (κ2) is 6.40. The molecule has 0 saturated carbocycles. The maximum Gasteiger partial charge on any atom is 0.224 e. The van der Waals surface area contributed by atoms with Crippen molar-refractivity contribution in [3.63, 3.8) is 0 Å². The molecular formula is C21H16FNO2. The third-order valence-electron chi connectivity index (χ3n) is 4.32. The molecule has 0 spiro atoms. The Morgan fingerprint density at radius 2 is 1.76 bits per heavy atom. The molecule has 0 fully saturated rings. The Balaban J connectivity index is 1.57. The highest BCUT2D eigenvalue weighted by Crippen LogP contribution is 2.30. The van der Waals surface area contributed by atoms with E-state index in [1.807, 2.05) is 36.4 Å². The van der Waals surface area contributed by atoms with Gasteiger partial charge in [0.25, 0.3) is 0 Å². The van der Waals surface area contributed by atoms with Crippen molar-refractivity contribution in [2.45, 2.75) is 13.0 Å². The van der Waals surface area contributed by atoms with Crippen molar-refractivity contribution < 1.29 is 13.6 Å². The molecule has 3 aromatic carbocycles. The van der Waals surface area contributed by atoms with Gasteiger partial charge in [-0.3, -0.25) is 4.79 Å². The van der Waals surface area contributed by atoms with Crippen LogP contribution in [0.3, 0.4) is 0 Å². The molecule has 4 rings (SSSR count). The second-order valence-electron chi connectivity index (χ2n) is 5.97. The van der Waals surface area contributed by atoms with Gasteiger partial charge in [0.1, 0.15) is 11.4 Å². The van der Waals surface area contributed by atoms with Crippen LogP contribution in [0.15, 0.2) is 71.3 Å². The number of amides is 1. The minimum Gasteiger partial charge on any atom is -0.464 e. The van der Waals surface area contributed by atoms with Crippen LogP contribution < -0.4 is 5.32 Å². The minimum atomic E-state index is -0.317. The Labute approximate surface area is 144 Å². The van der Waals surface area contributed by atoms with E-state index in [9.17, 15) is 9.18 Å². The summed E-state index contributed by atoms with van der Waals surface area (Å²) in [4.78, 5) is 12.3. The SMILES string of the molecule is O=C(Cc1coc2ccc3ccccc3c12)NCc1ccccc1F. The normalized spacial score (nSPS) is 11.1. The lowest BCUT2D eigenvalue weighted by Crippen LogP contribution is -2.24. The highest BCUT2D eigenvalue weighted by molar-refractivity contribution is 6.08. The number of rotatable bonds is 4. The van der Waals surface area contributed by atoms with E-state index in [0.717, 1.165) is 27.3 Å². The second-order valence-corrected chi connectivity index (χ2v) is 5.97. The number of fused-ring (bicyclic) bond motifs is 3. The fourth-order valence-corrected chi connectivity index (χ4v) is 3.08. The van der Waals surface area contributed by atoms with E-state index < -0.39 is 0 Å². The molecule has 124 valence electrons. The lowest BCUT2D eigenvalue weighted by molar-refractivity contribution is -0.120. The largest absolute Gasteiger partial charge is 0.464 e. The van der Waals surface area contributed by atoms with E-state index in [1.165, 1.54) is 6.07 Å². The van der Waals surface area contributed by atoms with Crippen molar-refractivity contribution in [2.75, 3.05) is 0 Å². The van der Waals surface area contributed by atoms with Crippen LogP contribution in [0.2, 0.25) is 0 Å². The van der Waals surface area contributed by atoms with Crippen LogP contribution in [0.25, 0.3) is 21.7 Å². The molecule has 1 amide bonds. The van der Waals surface area contributed by atoms with Crippen molar-refractivity contribution in [3.8, 4) is 0 Å². The first-order valence-electron chi connectivity index (χ1n) is 8.10. The number of benzene rings is 3. The summed E-state index contributed by atoms with van der Waals surface area (Å²) < 4.78 is 19.2. The van der Waals surface area contributed by atoms with Crippen LogP contribution in [0, 0.1) is 5.82 Å². The summed E-state index contributed by atoms with van der Waals surface area (Å²) in [6.07, 6.45) is 1.81. The Morgan fingerprint density at radius 3 is 2.64 bits per heavy atom. The summed E-state index contributed by atoms with van der Waals surface area (Å²) in [7, 11) is 0. The van der Waals surface area contributed by atoms with Crippen molar-refractivity contribution in [3.05, 3.63) is 83.9 Å². The lowest BCUT2D eigenvalue weighted by Gasteiger charge is -2.06. The van der Waals surface area contributed by atoms with Gasteiger partial charge in [0, 0.05) is 23.1 Å². The summed E-state index contributed by atoms with van der Waals surface area (Å²) in [6, 6.07) is 18.3. The van der Waals surface area contributed by atoms with Gasteiger partial charge >= 0.3 is 0 Å². The van der Waals surface area contributed by atoms with E-state index in [-0.39, 0.29) is 24.7 Å². The number of hydrogen-bond acceptors (Lipinski definition) is 2. The Bertz CT molecular complexity index is 1070. The first-order valence-corrected chi connectivity index (χ1v) is 8.10. The Kier molecular flexibility index (Phi) is 3.94. The van der Waals surface area contributed by atoms with Crippen LogP contribution >= 0.6 is 0 Å². The predicted octanol–water partition coefficient (Wildman–Crippen LogP) is 4.58. The number of carbonyl (C=O) groups excluding carboxylic acids is 1. The smallest absolute Gasteiger partial charge is 0.224 e. The molecule has 4 heteroatoms. The van der Waals surface area contributed by atoms with E-state index in [0.29, 0.717) is 5.56 Å². The van der Waals surface area contributed by atoms with Crippen molar-refractivity contribution in [1.29, 1.82) is 0 Å². The molecule has 0 radical (unpaired) electrons. The van der Waals surface area contributed by atoms with Crippen LogP contribution in [0.5, 0.6) is 0 Å². The highest BCUT2D eigenvalue weighted by Gasteiger charge is 2.13. The molecule has 25 heavy (non-hydrogen) atoms. The summed E-state index contributed by atoms with van der Waals surface area (Å²) >= 11 is 0. The molecule has 0 unspecified atom stereocenters. The van der Waals surface area contributed by atoms with Gasteiger partial charge in [0.05, 0.1) is 12.7 Å². The van der Waals surface area contributed by atoms with E-state index in [2.05, 4.69) is 5.32 Å². The first kappa shape index (κ1) is 15.4. The standard InChI is InChI=1S/C21H16FNO2/c22-18-8-4-2-6-15(18)12-23-20(24)11-16-13-25-19-10-9-14-5-1-3-7-17(14)21(16)19/h1-10,13H,11-12H2,(H,23,24). The number of hydrogen-bond donors (Lipinski definition) is 1. The van der Waals surface area contributed by atoms with E-state index in [4.69, 9.17) is 4.42 Å². The molecule has 0 bridgehead atoms. The van der Waals surface area contributed by atoms with Gasteiger partial charge in [0.2, 0.25) is 5.91 Å².